The zero-order chi connectivity index (χ0) is 25.9. The molecule has 198 valence electrons. The van der Waals surface area contributed by atoms with E-state index in [2.05, 4.69) is 33.0 Å². The summed E-state index contributed by atoms with van der Waals surface area (Å²) < 4.78 is 29.6. The second-order valence-corrected chi connectivity index (χ2v) is 13.4. The highest BCUT2D eigenvalue weighted by atomic mass is 32.2. The normalized spacial score (nSPS) is 25.2. The zero-order valence-electron chi connectivity index (χ0n) is 22.9. The molecule has 0 radical (unpaired) electrons. The Morgan fingerprint density at radius 1 is 1.08 bits per heavy atom. The molecule has 2 saturated carbocycles. The minimum Gasteiger partial charge on any atom is -0.493 e. The zero-order valence-corrected chi connectivity index (χ0v) is 23.7. The molecule has 5 heteroatoms. The summed E-state index contributed by atoms with van der Waals surface area (Å²) in [5.41, 5.74) is 5.04. The van der Waals surface area contributed by atoms with Crippen LogP contribution in [-0.4, -0.2) is 26.3 Å². The van der Waals surface area contributed by atoms with Crippen LogP contribution < -0.4 is 4.74 Å². The van der Waals surface area contributed by atoms with Crippen LogP contribution in [0.4, 0.5) is 0 Å². The maximum absolute atomic E-state index is 11.8. The third-order valence-corrected chi connectivity index (χ3v) is 10.1. The van der Waals surface area contributed by atoms with E-state index in [1.807, 2.05) is 6.92 Å². The number of aryl methyl sites for hydroxylation is 3. The number of hydrogen-bond acceptors (Lipinski definition) is 4. The van der Waals surface area contributed by atoms with Gasteiger partial charge in [0.05, 0.1) is 11.5 Å². The summed E-state index contributed by atoms with van der Waals surface area (Å²) in [6.07, 6.45) is 14.7. The molecule has 1 aromatic carbocycles. The van der Waals surface area contributed by atoms with Crippen molar-refractivity contribution in [1.82, 2.24) is 4.98 Å². The standard InChI is InChI=1S/C31H45NO3S/c1-6-23-18-24(7-2)31(32-20-23)22(4)25-9-8-10-26(12-11-25)29-19-27(29)15-16-35-30-14-13-28(17-21(30)3)36(5,33)34/h13-14,17-18,20,22,25-27,29H,6-12,15-16,19H2,1-5H3. The third-order valence-electron chi connectivity index (χ3n) is 8.95. The van der Waals surface area contributed by atoms with Crippen LogP contribution in [0.3, 0.4) is 0 Å². The Labute approximate surface area is 219 Å². The van der Waals surface area contributed by atoms with Gasteiger partial charge in [-0.1, -0.05) is 39.7 Å². The van der Waals surface area contributed by atoms with Gasteiger partial charge in [0.1, 0.15) is 5.75 Å². The number of sulfone groups is 1. The van der Waals surface area contributed by atoms with Crippen molar-refractivity contribution in [3.8, 4) is 5.75 Å². The molecular formula is C31H45NO3S. The van der Waals surface area contributed by atoms with Crippen molar-refractivity contribution in [3.63, 3.8) is 0 Å². The van der Waals surface area contributed by atoms with Gasteiger partial charge in [0.25, 0.3) is 0 Å². The number of rotatable bonds is 10. The van der Waals surface area contributed by atoms with Crippen LogP contribution in [0, 0.1) is 30.6 Å². The molecule has 2 aliphatic carbocycles. The Morgan fingerprint density at radius 2 is 1.89 bits per heavy atom. The van der Waals surface area contributed by atoms with E-state index in [4.69, 9.17) is 9.72 Å². The molecule has 0 spiro atoms. The van der Waals surface area contributed by atoms with Gasteiger partial charge >= 0.3 is 0 Å². The molecule has 1 aromatic heterocycles. The number of nitrogens with zero attached hydrogens (tertiary/aromatic N) is 1. The van der Waals surface area contributed by atoms with Gasteiger partial charge in [-0.15, -0.1) is 0 Å². The van der Waals surface area contributed by atoms with E-state index >= 15 is 0 Å². The number of hydrogen-bond donors (Lipinski definition) is 0. The van der Waals surface area contributed by atoms with E-state index in [0.29, 0.717) is 17.4 Å². The Bertz CT molecular complexity index is 1140. The monoisotopic (exact) mass is 511 g/mol. The van der Waals surface area contributed by atoms with Crippen molar-refractivity contribution in [2.75, 3.05) is 12.9 Å². The largest absolute Gasteiger partial charge is 0.493 e. The van der Waals surface area contributed by atoms with Crippen molar-refractivity contribution >= 4 is 9.84 Å². The van der Waals surface area contributed by atoms with Crippen molar-refractivity contribution in [3.05, 3.63) is 52.8 Å². The van der Waals surface area contributed by atoms with Crippen molar-refractivity contribution in [2.45, 2.75) is 96.3 Å². The second kappa shape index (κ2) is 11.7. The van der Waals surface area contributed by atoms with E-state index in [9.17, 15) is 8.42 Å². The first-order chi connectivity index (χ1) is 17.2. The molecule has 2 aliphatic rings. The van der Waals surface area contributed by atoms with Crippen LogP contribution in [-0.2, 0) is 22.7 Å². The first-order valence-corrected chi connectivity index (χ1v) is 16.0. The smallest absolute Gasteiger partial charge is 0.175 e. The maximum Gasteiger partial charge on any atom is 0.175 e. The lowest BCUT2D eigenvalue weighted by molar-refractivity contribution is 0.286. The van der Waals surface area contributed by atoms with E-state index < -0.39 is 9.84 Å². The van der Waals surface area contributed by atoms with Gasteiger partial charge in [-0.3, -0.25) is 4.98 Å². The summed E-state index contributed by atoms with van der Waals surface area (Å²) in [6, 6.07) is 7.55. The Hall–Kier alpha value is -1.88. The molecule has 4 rings (SSSR count). The highest BCUT2D eigenvalue weighted by Crippen LogP contribution is 2.52. The van der Waals surface area contributed by atoms with Gasteiger partial charge in [0.2, 0.25) is 0 Å². The number of ether oxygens (including phenoxy) is 1. The molecule has 1 heterocycles. The molecule has 0 bridgehead atoms. The molecule has 2 aromatic rings. The van der Waals surface area contributed by atoms with E-state index in [1.54, 1.807) is 18.2 Å². The summed E-state index contributed by atoms with van der Waals surface area (Å²) in [6.45, 7) is 9.52. The molecule has 5 unspecified atom stereocenters. The van der Waals surface area contributed by atoms with Crippen molar-refractivity contribution in [1.29, 1.82) is 0 Å². The number of benzene rings is 1. The highest BCUT2D eigenvalue weighted by molar-refractivity contribution is 7.90. The lowest BCUT2D eigenvalue weighted by Crippen LogP contribution is -2.14. The molecule has 0 N–H and O–H groups in total. The Kier molecular flexibility index (Phi) is 8.80. The topological polar surface area (TPSA) is 56.3 Å². The van der Waals surface area contributed by atoms with Crippen LogP contribution in [0.15, 0.2) is 35.4 Å². The predicted molar refractivity (Wildman–Crippen MR) is 147 cm³/mol. The fraction of sp³-hybridized carbons (Fsp3) is 0.645. The predicted octanol–water partition coefficient (Wildman–Crippen LogP) is 7.32. The molecule has 4 nitrogen and oxygen atoms in total. The van der Waals surface area contributed by atoms with Crippen LogP contribution >= 0.6 is 0 Å². The molecule has 0 amide bonds. The Morgan fingerprint density at radius 3 is 2.58 bits per heavy atom. The fourth-order valence-electron chi connectivity index (χ4n) is 6.48. The molecule has 36 heavy (non-hydrogen) atoms. The number of aromatic nitrogens is 1. The summed E-state index contributed by atoms with van der Waals surface area (Å²) in [5, 5.41) is 0. The average Bonchev–Trinajstić information content (AvgIpc) is 3.66. The molecule has 0 saturated heterocycles. The molecule has 5 atom stereocenters. The van der Waals surface area contributed by atoms with Gasteiger partial charge in [0, 0.05) is 24.1 Å². The van der Waals surface area contributed by atoms with Gasteiger partial charge < -0.3 is 4.74 Å². The first-order valence-electron chi connectivity index (χ1n) is 14.1. The van der Waals surface area contributed by atoms with Gasteiger partial charge in [-0.2, -0.15) is 0 Å². The maximum atomic E-state index is 11.8. The van der Waals surface area contributed by atoms with E-state index in [0.717, 1.165) is 54.2 Å². The van der Waals surface area contributed by atoms with E-state index in [-0.39, 0.29) is 0 Å². The molecular weight excluding hydrogens is 466 g/mol. The molecule has 0 aliphatic heterocycles. The Balaban J connectivity index is 1.25. The lowest BCUT2D eigenvalue weighted by Gasteiger charge is -2.24. The van der Waals surface area contributed by atoms with Gasteiger partial charge in [0.15, 0.2) is 9.84 Å². The average molecular weight is 512 g/mol. The summed E-state index contributed by atoms with van der Waals surface area (Å²) in [4.78, 5) is 5.30. The number of pyridine rings is 1. The summed E-state index contributed by atoms with van der Waals surface area (Å²) >= 11 is 0. The van der Waals surface area contributed by atoms with Crippen LogP contribution in [0.25, 0.3) is 0 Å². The fourth-order valence-corrected chi connectivity index (χ4v) is 7.19. The quantitative estimate of drug-likeness (QED) is 0.314. The highest BCUT2D eigenvalue weighted by Gasteiger charge is 2.43. The van der Waals surface area contributed by atoms with Crippen LogP contribution in [0.5, 0.6) is 5.75 Å². The van der Waals surface area contributed by atoms with Crippen LogP contribution in [0.2, 0.25) is 0 Å². The summed E-state index contributed by atoms with van der Waals surface area (Å²) in [7, 11) is -3.18. The first kappa shape index (κ1) is 27.2. The van der Waals surface area contributed by atoms with E-state index in [1.165, 1.54) is 61.6 Å². The van der Waals surface area contributed by atoms with Crippen LogP contribution in [0.1, 0.15) is 94.0 Å². The summed E-state index contributed by atoms with van der Waals surface area (Å²) in [5.74, 6) is 4.62. The van der Waals surface area contributed by atoms with Gasteiger partial charge in [-0.05, 0) is 110 Å². The third kappa shape index (κ3) is 6.51. The van der Waals surface area contributed by atoms with Crippen molar-refractivity contribution < 1.29 is 13.2 Å². The molecule has 2 fully saturated rings. The SMILES string of the molecule is CCc1cnc(C(C)C2CCCC(C3CC3CCOc3ccc(S(C)(=O)=O)cc3C)CC2)c(CC)c1. The minimum absolute atomic E-state index is 0.357. The lowest BCUT2D eigenvalue weighted by atomic mass is 9.82. The van der Waals surface area contributed by atoms with Gasteiger partial charge in [-0.25, -0.2) is 8.42 Å². The minimum atomic E-state index is -3.18. The van der Waals surface area contributed by atoms with Crippen molar-refractivity contribution in [2.24, 2.45) is 23.7 Å². The second-order valence-electron chi connectivity index (χ2n) is 11.4.